The first kappa shape index (κ1) is 14.6. The molecule has 0 aliphatic rings. The molecule has 0 fully saturated rings. The van der Waals surface area contributed by atoms with E-state index in [1.165, 1.54) is 0 Å². The maximum Gasteiger partial charge on any atom is 0.573 e. The predicted octanol–water partition coefficient (Wildman–Crippen LogP) is 2.77. The Kier molecular flexibility index (Phi) is 3.75. The van der Waals surface area contributed by atoms with E-state index in [4.69, 9.17) is 5.73 Å². The Balaban J connectivity index is 3.39. The van der Waals surface area contributed by atoms with Crippen LogP contribution in [0.1, 0.15) is 16.8 Å². The van der Waals surface area contributed by atoms with Gasteiger partial charge in [0.25, 0.3) is 0 Å². The fourth-order valence-corrected chi connectivity index (χ4v) is 1.39. The maximum atomic E-state index is 12.7. The van der Waals surface area contributed by atoms with E-state index in [1.807, 2.05) is 0 Å². The Morgan fingerprint density at radius 2 is 1.78 bits per heavy atom. The fourth-order valence-electron chi connectivity index (χ4n) is 1.39. The van der Waals surface area contributed by atoms with Gasteiger partial charge in [0, 0.05) is 6.54 Å². The number of aromatic nitrogens is 1. The van der Waals surface area contributed by atoms with Crippen molar-refractivity contribution < 1.29 is 31.1 Å². The zero-order valence-corrected chi connectivity index (χ0v) is 8.99. The summed E-state index contributed by atoms with van der Waals surface area (Å²) in [5.74, 6) is -1.38. The van der Waals surface area contributed by atoms with Gasteiger partial charge in [0.2, 0.25) is 0 Å². The van der Waals surface area contributed by atoms with E-state index >= 15 is 0 Å². The number of ether oxygens (including phenoxy) is 1. The molecule has 1 heterocycles. The van der Waals surface area contributed by atoms with Gasteiger partial charge in [-0.05, 0) is 12.5 Å². The highest BCUT2D eigenvalue weighted by Gasteiger charge is 2.41. The lowest BCUT2D eigenvalue weighted by Gasteiger charge is -2.18. The van der Waals surface area contributed by atoms with Crippen LogP contribution in [0.5, 0.6) is 5.75 Å². The van der Waals surface area contributed by atoms with Crippen molar-refractivity contribution in [2.45, 2.75) is 26.0 Å². The summed E-state index contributed by atoms with van der Waals surface area (Å²) in [4.78, 5) is 3.41. The van der Waals surface area contributed by atoms with E-state index in [9.17, 15) is 26.3 Å². The van der Waals surface area contributed by atoms with Crippen molar-refractivity contribution in [2.24, 2.45) is 5.73 Å². The lowest BCUT2D eigenvalue weighted by molar-refractivity contribution is -0.276. The minimum absolute atomic E-state index is 0.142. The van der Waals surface area contributed by atoms with Crippen molar-refractivity contribution in [1.82, 2.24) is 4.98 Å². The van der Waals surface area contributed by atoms with Crippen molar-refractivity contribution in [1.29, 1.82) is 0 Å². The molecule has 0 spiro atoms. The Labute approximate surface area is 97.6 Å². The van der Waals surface area contributed by atoms with Crippen LogP contribution in [0.3, 0.4) is 0 Å². The number of nitrogens with zero attached hydrogens (tertiary/aromatic N) is 1. The summed E-state index contributed by atoms with van der Waals surface area (Å²) in [6.07, 6.45) is -9.85. The van der Waals surface area contributed by atoms with E-state index in [-0.39, 0.29) is 12.2 Å². The predicted molar refractivity (Wildman–Crippen MR) is 48.6 cm³/mol. The first-order valence-electron chi connectivity index (χ1n) is 4.57. The number of hydrogen-bond acceptors (Lipinski definition) is 3. The molecule has 3 nitrogen and oxygen atoms in total. The molecule has 0 amide bonds. The largest absolute Gasteiger partial charge is 0.573 e. The lowest BCUT2D eigenvalue weighted by atomic mass is 10.1. The van der Waals surface area contributed by atoms with E-state index in [2.05, 4.69) is 9.72 Å². The highest BCUT2D eigenvalue weighted by atomic mass is 19.4. The molecule has 0 unspecified atom stereocenters. The minimum atomic E-state index is -5.22. The summed E-state index contributed by atoms with van der Waals surface area (Å²) < 4.78 is 77.3. The van der Waals surface area contributed by atoms with Gasteiger partial charge in [-0.25, -0.2) is 0 Å². The van der Waals surface area contributed by atoms with Crippen LogP contribution in [0.2, 0.25) is 0 Å². The zero-order valence-electron chi connectivity index (χ0n) is 8.99. The summed E-state index contributed by atoms with van der Waals surface area (Å²) in [5.41, 5.74) is 3.01. The third kappa shape index (κ3) is 3.25. The smallest absolute Gasteiger partial charge is 0.403 e. The first-order chi connectivity index (χ1) is 8.06. The summed E-state index contributed by atoms with van der Waals surface area (Å²) in [6.45, 7) is 0.669. The molecule has 2 N–H and O–H groups in total. The van der Waals surface area contributed by atoms with Gasteiger partial charge >= 0.3 is 12.5 Å². The quantitative estimate of drug-likeness (QED) is 0.843. The van der Waals surface area contributed by atoms with Crippen LogP contribution < -0.4 is 10.5 Å². The van der Waals surface area contributed by atoms with Crippen LogP contribution in [0, 0.1) is 6.92 Å². The van der Waals surface area contributed by atoms with E-state index in [0.717, 1.165) is 6.92 Å². The molecular formula is C9H8F6N2O. The van der Waals surface area contributed by atoms with Crippen LogP contribution in [0.4, 0.5) is 26.3 Å². The van der Waals surface area contributed by atoms with Gasteiger partial charge in [-0.1, -0.05) is 0 Å². The molecule has 0 aliphatic carbocycles. The van der Waals surface area contributed by atoms with Crippen molar-refractivity contribution >= 4 is 0 Å². The van der Waals surface area contributed by atoms with Gasteiger partial charge in [0.1, 0.15) is 5.56 Å². The second-order valence-electron chi connectivity index (χ2n) is 3.32. The normalized spacial score (nSPS) is 12.7. The molecule has 1 aromatic rings. The highest BCUT2D eigenvalue weighted by Crippen LogP contribution is 2.40. The summed E-state index contributed by atoms with van der Waals surface area (Å²) >= 11 is 0. The number of hydrogen-bond donors (Lipinski definition) is 1. The summed E-state index contributed by atoms with van der Waals surface area (Å²) in [5, 5.41) is 0. The van der Waals surface area contributed by atoms with E-state index in [1.54, 1.807) is 0 Å². The third-order valence-electron chi connectivity index (χ3n) is 2.09. The molecule has 0 saturated heterocycles. The van der Waals surface area contributed by atoms with Crippen molar-refractivity contribution in [3.63, 3.8) is 0 Å². The topological polar surface area (TPSA) is 48.1 Å². The van der Waals surface area contributed by atoms with Gasteiger partial charge in [0.05, 0.1) is 11.9 Å². The van der Waals surface area contributed by atoms with Gasteiger partial charge in [-0.15, -0.1) is 13.2 Å². The summed E-state index contributed by atoms with van der Waals surface area (Å²) in [6, 6.07) is 0. The maximum absolute atomic E-state index is 12.7. The van der Waals surface area contributed by atoms with Crippen molar-refractivity contribution in [2.75, 3.05) is 0 Å². The third-order valence-corrected chi connectivity index (χ3v) is 2.09. The Bertz CT molecular complexity index is 440. The SMILES string of the molecule is Cc1c(CN)ncc(OC(F)(F)F)c1C(F)(F)F. The average Bonchev–Trinajstić information content (AvgIpc) is 2.13. The van der Waals surface area contributed by atoms with E-state index < -0.39 is 29.4 Å². The Morgan fingerprint density at radius 1 is 1.22 bits per heavy atom. The molecule has 0 radical (unpaired) electrons. The molecule has 1 aromatic heterocycles. The van der Waals surface area contributed by atoms with E-state index in [0.29, 0.717) is 6.20 Å². The minimum Gasteiger partial charge on any atom is -0.403 e. The molecule has 0 atom stereocenters. The molecule has 0 bridgehead atoms. The van der Waals surface area contributed by atoms with Gasteiger partial charge in [-0.3, -0.25) is 4.98 Å². The standard InChI is InChI=1S/C9H8F6N2O/c1-4-5(2-16)17-3-6(18-9(13,14)15)7(4)8(10,11)12/h3H,2,16H2,1H3. The molecule has 0 aliphatic heterocycles. The number of rotatable bonds is 2. The van der Waals surface area contributed by atoms with Crippen LogP contribution in [0.15, 0.2) is 6.20 Å². The summed E-state index contributed by atoms with van der Waals surface area (Å²) in [7, 11) is 0. The van der Waals surface area contributed by atoms with Crippen LogP contribution in [-0.4, -0.2) is 11.3 Å². The molecule has 1 rings (SSSR count). The number of nitrogens with two attached hydrogens (primary N) is 1. The Morgan fingerprint density at radius 3 is 2.17 bits per heavy atom. The average molecular weight is 274 g/mol. The monoisotopic (exact) mass is 274 g/mol. The molecular weight excluding hydrogens is 266 g/mol. The number of pyridine rings is 1. The molecule has 9 heteroatoms. The molecule has 0 aromatic carbocycles. The Hall–Kier alpha value is -1.51. The molecule has 0 saturated carbocycles. The van der Waals surface area contributed by atoms with Gasteiger partial charge < -0.3 is 10.5 Å². The van der Waals surface area contributed by atoms with Crippen LogP contribution >= 0.6 is 0 Å². The lowest BCUT2D eigenvalue weighted by Crippen LogP contribution is -2.22. The van der Waals surface area contributed by atoms with Crippen molar-refractivity contribution in [3.8, 4) is 5.75 Å². The molecule has 18 heavy (non-hydrogen) atoms. The van der Waals surface area contributed by atoms with Crippen LogP contribution in [-0.2, 0) is 12.7 Å². The number of halogens is 6. The van der Waals surface area contributed by atoms with Gasteiger partial charge in [-0.2, -0.15) is 13.2 Å². The van der Waals surface area contributed by atoms with Gasteiger partial charge in [0.15, 0.2) is 5.75 Å². The highest BCUT2D eigenvalue weighted by molar-refractivity contribution is 5.42. The van der Waals surface area contributed by atoms with Crippen LogP contribution in [0.25, 0.3) is 0 Å². The number of alkyl halides is 6. The first-order valence-corrected chi connectivity index (χ1v) is 4.57. The van der Waals surface area contributed by atoms with Crippen molar-refractivity contribution in [3.05, 3.63) is 23.0 Å². The second kappa shape index (κ2) is 4.63. The fraction of sp³-hybridized carbons (Fsp3) is 0.444. The zero-order chi connectivity index (χ0) is 14.1. The molecule has 102 valence electrons. The second-order valence-corrected chi connectivity index (χ2v) is 3.32.